The van der Waals surface area contributed by atoms with E-state index in [4.69, 9.17) is 0 Å². The van der Waals surface area contributed by atoms with Gasteiger partial charge in [0, 0.05) is 6.20 Å². The highest BCUT2D eigenvalue weighted by molar-refractivity contribution is 7.91. The number of hydrogen-bond donors (Lipinski definition) is 1. The van der Waals surface area contributed by atoms with Gasteiger partial charge >= 0.3 is 5.69 Å². The van der Waals surface area contributed by atoms with Crippen LogP contribution in [0.15, 0.2) is 46.2 Å². The van der Waals surface area contributed by atoms with Gasteiger partial charge in [-0.25, -0.2) is 18.2 Å². The summed E-state index contributed by atoms with van der Waals surface area (Å²) in [6.07, 6.45) is 1.41. The predicted octanol–water partition coefficient (Wildman–Crippen LogP) is 1.23. The molecule has 1 aromatic carbocycles. The van der Waals surface area contributed by atoms with Gasteiger partial charge in [-0.15, -0.1) is 0 Å². The zero-order valence-corrected chi connectivity index (χ0v) is 10.6. The minimum absolute atomic E-state index is 0.0679. The number of H-pyrrole nitrogens is 1. The van der Waals surface area contributed by atoms with Crippen LogP contribution in [-0.4, -0.2) is 24.1 Å². The first-order chi connectivity index (χ1) is 8.53. The Labute approximate surface area is 104 Å². The Morgan fingerprint density at radius 3 is 2.39 bits per heavy atom. The molecule has 0 aliphatic rings. The van der Waals surface area contributed by atoms with Crippen LogP contribution in [0.4, 0.5) is 0 Å². The molecule has 0 spiro atoms. The molecule has 0 saturated carbocycles. The minimum Gasteiger partial charge on any atom is -0.305 e. The fraction of sp³-hybridized carbons (Fsp3) is 0.167. The third-order valence-corrected chi connectivity index (χ3v) is 4.33. The summed E-state index contributed by atoms with van der Waals surface area (Å²) in [5.74, 6) is 0.0679. The van der Waals surface area contributed by atoms with Crippen LogP contribution in [0.5, 0.6) is 0 Å². The number of hydrogen-bond acceptors (Lipinski definition) is 4. The molecule has 6 heteroatoms. The van der Waals surface area contributed by atoms with E-state index in [9.17, 15) is 13.2 Å². The lowest BCUT2D eigenvalue weighted by molar-refractivity contribution is 0.597. The van der Waals surface area contributed by atoms with Crippen molar-refractivity contribution in [3.05, 3.63) is 47.0 Å². The Balaban J connectivity index is 2.43. The molecule has 5 nitrogen and oxygen atoms in total. The number of benzene rings is 1. The maximum atomic E-state index is 11.6. The zero-order valence-electron chi connectivity index (χ0n) is 9.75. The van der Waals surface area contributed by atoms with Crippen molar-refractivity contribution in [3.8, 4) is 11.3 Å². The number of nitrogens with zero attached hydrogens (tertiary/aromatic N) is 1. The van der Waals surface area contributed by atoms with Gasteiger partial charge in [0.1, 0.15) is 0 Å². The topological polar surface area (TPSA) is 79.9 Å². The second kappa shape index (κ2) is 4.73. The average Bonchev–Trinajstić information content (AvgIpc) is 2.39. The second-order valence-electron chi connectivity index (χ2n) is 3.72. The van der Waals surface area contributed by atoms with Crippen LogP contribution in [0.1, 0.15) is 6.92 Å². The molecule has 1 N–H and O–H groups in total. The van der Waals surface area contributed by atoms with Gasteiger partial charge in [-0.3, -0.25) is 0 Å². The van der Waals surface area contributed by atoms with Crippen molar-refractivity contribution < 1.29 is 8.42 Å². The second-order valence-corrected chi connectivity index (χ2v) is 5.99. The third kappa shape index (κ3) is 2.48. The van der Waals surface area contributed by atoms with Crippen molar-refractivity contribution in [3.63, 3.8) is 0 Å². The molecule has 2 rings (SSSR count). The molecule has 1 heterocycles. The molecular weight excluding hydrogens is 252 g/mol. The van der Waals surface area contributed by atoms with Crippen molar-refractivity contribution in [2.45, 2.75) is 11.8 Å². The first-order valence-corrected chi connectivity index (χ1v) is 7.06. The Kier molecular flexibility index (Phi) is 3.29. The normalized spacial score (nSPS) is 11.4. The summed E-state index contributed by atoms with van der Waals surface area (Å²) in [6.45, 7) is 1.60. The Hall–Kier alpha value is -1.95. The van der Waals surface area contributed by atoms with Gasteiger partial charge in [0.15, 0.2) is 9.84 Å². The standard InChI is InChI=1S/C12H12N2O3S/c1-2-18(16,17)10-5-3-9(4-6-10)11-7-8-13-12(15)14-11/h3-8H,2H2,1H3,(H,13,14,15). The molecular formula is C12H12N2O3S. The van der Waals surface area contributed by atoms with Crippen LogP contribution in [0, 0.1) is 0 Å². The minimum atomic E-state index is -3.19. The van der Waals surface area contributed by atoms with Crippen LogP contribution in [-0.2, 0) is 9.84 Å². The molecule has 0 atom stereocenters. The summed E-state index contributed by atoms with van der Waals surface area (Å²) in [6, 6.07) is 8.05. The van der Waals surface area contributed by atoms with E-state index < -0.39 is 15.5 Å². The van der Waals surface area contributed by atoms with Crippen molar-refractivity contribution in [1.82, 2.24) is 9.97 Å². The zero-order chi connectivity index (χ0) is 13.2. The van der Waals surface area contributed by atoms with Gasteiger partial charge in [0.05, 0.1) is 16.3 Å². The lowest BCUT2D eigenvalue weighted by Crippen LogP contribution is -2.09. The van der Waals surface area contributed by atoms with E-state index in [0.29, 0.717) is 5.69 Å². The molecule has 0 aliphatic carbocycles. The van der Waals surface area contributed by atoms with Crippen molar-refractivity contribution in [2.24, 2.45) is 0 Å². The Morgan fingerprint density at radius 1 is 1.17 bits per heavy atom. The van der Waals surface area contributed by atoms with Crippen LogP contribution in [0.3, 0.4) is 0 Å². The van der Waals surface area contributed by atoms with Gasteiger partial charge in [-0.05, 0) is 23.8 Å². The molecule has 0 amide bonds. The average molecular weight is 264 g/mol. The SMILES string of the molecule is CCS(=O)(=O)c1ccc(-c2ccnc(=O)[nH]2)cc1. The van der Waals surface area contributed by atoms with Gasteiger partial charge in [0.2, 0.25) is 0 Å². The fourth-order valence-corrected chi connectivity index (χ4v) is 2.43. The summed E-state index contributed by atoms with van der Waals surface area (Å²) in [4.78, 5) is 17.5. The molecule has 0 unspecified atom stereocenters. The fourth-order valence-electron chi connectivity index (χ4n) is 1.55. The molecule has 18 heavy (non-hydrogen) atoms. The molecule has 94 valence electrons. The van der Waals surface area contributed by atoms with Crippen molar-refractivity contribution in [2.75, 3.05) is 5.75 Å². The van der Waals surface area contributed by atoms with Crippen molar-refractivity contribution in [1.29, 1.82) is 0 Å². The highest BCUT2D eigenvalue weighted by Crippen LogP contribution is 2.18. The van der Waals surface area contributed by atoms with E-state index in [2.05, 4.69) is 9.97 Å². The smallest absolute Gasteiger partial charge is 0.305 e. The molecule has 2 aromatic rings. The Bertz CT molecular complexity index is 703. The van der Waals surface area contributed by atoms with Crippen LogP contribution >= 0.6 is 0 Å². The van der Waals surface area contributed by atoms with Gasteiger partial charge < -0.3 is 4.98 Å². The number of rotatable bonds is 3. The maximum absolute atomic E-state index is 11.6. The lowest BCUT2D eigenvalue weighted by Gasteiger charge is -2.04. The van der Waals surface area contributed by atoms with E-state index in [1.807, 2.05) is 0 Å². The predicted molar refractivity (Wildman–Crippen MR) is 68.0 cm³/mol. The third-order valence-electron chi connectivity index (χ3n) is 2.58. The van der Waals surface area contributed by atoms with Gasteiger partial charge in [-0.1, -0.05) is 19.1 Å². The maximum Gasteiger partial charge on any atom is 0.345 e. The molecule has 0 aliphatic heterocycles. The number of nitrogens with one attached hydrogen (secondary N) is 1. The molecule has 0 bridgehead atoms. The van der Waals surface area contributed by atoms with E-state index in [1.165, 1.54) is 18.3 Å². The highest BCUT2D eigenvalue weighted by atomic mass is 32.2. The van der Waals surface area contributed by atoms with E-state index in [-0.39, 0.29) is 10.6 Å². The van der Waals surface area contributed by atoms with Gasteiger partial charge in [-0.2, -0.15) is 0 Å². The molecule has 0 radical (unpaired) electrons. The summed E-state index contributed by atoms with van der Waals surface area (Å²) >= 11 is 0. The first-order valence-electron chi connectivity index (χ1n) is 5.41. The molecule has 0 saturated heterocycles. The van der Waals surface area contributed by atoms with E-state index in [1.54, 1.807) is 25.1 Å². The largest absolute Gasteiger partial charge is 0.345 e. The lowest BCUT2D eigenvalue weighted by atomic mass is 10.1. The molecule has 0 fully saturated rings. The monoisotopic (exact) mass is 264 g/mol. The van der Waals surface area contributed by atoms with E-state index >= 15 is 0 Å². The van der Waals surface area contributed by atoms with E-state index in [0.717, 1.165) is 5.56 Å². The quantitative estimate of drug-likeness (QED) is 0.904. The van der Waals surface area contributed by atoms with Crippen LogP contribution in [0.2, 0.25) is 0 Å². The van der Waals surface area contributed by atoms with Crippen LogP contribution in [0.25, 0.3) is 11.3 Å². The van der Waals surface area contributed by atoms with Crippen molar-refractivity contribution >= 4 is 9.84 Å². The highest BCUT2D eigenvalue weighted by Gasteiger charge is 2.11. The summed E-state index contributed by atoms with van der Waals surface area (Å²) < 4.78 is 23.3. The number of sulfone groups is 1. The number of aromatic amines is 1. The molecule has 1 aromatic heterocycles. The number of aromatic nitrogens is 2. The summed E-state index contributed by atoms with van der Waals surface area (Å²) in [7, 11) is -3.19. The summed E-state index contributed by atoms with van der Waals surface area (Å²) in [5.41, 5.74) is 0.915. The van der Waals surface area contributed by atoms with Crippen LogP contribution < -0.4 is 5.69 Å². The summed E-state index contributed by atoms with van der Waals surface area (Å²) in [5, 5.41) is 0. The Morgan fingerprint density at radius 2 is 1.83 bits per heavy atom. The first kappa shape index (κ1) is 12.5. The van der Waals surface area contributed by atoms with Gasteiger partial charge in [0.25, 0.3) is 0 Å².